The van der Waals surface area contributed by atoms with E-state index in [0.717, 1.165) is 69.8 Å². The lowest BCUT2D eigenvalue weighted by Crippen LogP contribution is -2.35. The first-order chi connectivity index (χ1) is 58.6. The second-order valence-corrected chi connectivity index (χ2v) is 33.1. The molecule has 5 aliphatic rings. The summed E-state index contributed by atoms with van der Waals surface area (Å²) in [5.41, 5.74) is 7.53. The van der Waals surface area contributed by atoms with Crippen LogP contribution in [0.2, 0.25) is 10.0 Å². The molecule has 14 aromatic rings. The molecule has 0 saturated carbocycles. The Hall–Kier alpha value is -12.4. The zero-order valence-electron chi connectivity index (χ0n) is 63.7. The molecule has 0 spiro atoms. The highest BCUT2D eigenvalue weighted by Crippen LogP contribution is 2.51. The van der Waals surface area contributed by atoms with Crippen molar-refractivity contribution in [2.75, 3.05) is 92.3 Å². The summed E-state index contributed by atoms with van der Waals surface area (Å²) in [6, 6.07) is 34.7. The van der Waals surface area contributed by atoms with Gasteiger partial charge >= 0.3 is 42.0 Å². The minimum Gasteiger partial charge on any atom is -0.462 e. The van der Waals surface area contributed by atoms with Crippen molar-refractivity contribution in [2.45, 2.75) is 41.2 Å². The van der Waals surface area contributed by atoms with Gasteiger partial charge in [0.05, 0.1) is 110 Å². The Kier molecular flexibility index (Phi) is 23.9. The lowest BCUT2D eigenvalue weighted by atomic mass is 10.1. The third kappa shape index (κ3) is 16.4. The van der Waals surface area contributed by atoms with Gasteiger partial charge in [-0.05, 0) is 148 Å². The number of morpholine rings is 1. The van der Waals surface area contributed by atoms with Crippen molar-refractivity contribution >= 4 is 264 Å². The molecule has 1 saturated heterocycles. The van der Waals surface area contributed by atoms with E-state index in [1.54, 1.807) is 63.2 Å². The van der Waals surface area contributed by atoms with Crippen molar-refractivity contribution in [1.29, 1.82) is 0 Å². The van der Waals surface area contributed by atoms with Crippen LogP contribution in [0.15, 0.2) is 162 Å². The monoisotopic (exact) mass is 1870 g/mol. The molecule has 0 atom stereocenters. The molecule has 9 amide bonds. The molecule has 121 heavy (non-hydrogen) atoms. The smallest absolute Gasteiger partial charge is 0.350 e. The lowest BCUT2D eigenvalue weighted by molar-refractivity contribution is 0.0342. The lowest BCUT2D eigenvalue weighted by Gasteiger charge is -2.28. The normalized spacial score (nSPS) is 13.7. The molecule has 31 nitrogen and oxygen atoms in total. The van der Waals surface area contributed by atoms with Crippen LogP contribution in [0.1, 0.15) is 76.1 Å². The summed E-state index contributed by atoms with van der Waals surface area (Å²) >= 11 is 24.4. The summed E-state index contributed by atoms with van der Waals surface area (Å²) in [6.07, 6.45) is 5.49. The van der Waals surface area contributed by atoms with E-state index in [4.69, 9.17) is 46.9 Å². The number of hydrogen-bond donors (Lipinski definition) is 5. The molecule has 6 aromatic carbocycles. The number of urea groups is 4. The molecule has 5 aliphatic heterocycles. The van der Waals surface area contributed by atoms with E-state index in [1.807, 2.05) is 74.5 Å². The Bertz CT molecular complexity index is 6520. The Morgan fingerprint density at radius 1 is 0.496 bits per heavy atom. The molecule has 8 aromatic heterocycles. The maximum absolute atomic E-state index is 13.3. The fraction of sp³-hybridized carbons (Fsp3) is 0.160. The molecule has 0 aliphatic carbocycles. The number of esters is 3. The number of aryl methyl sites for hydroxylation is 2. The summed E-state index contributed by atoms with van der Waals surface area (Å²) in [4.78, 5) is 148. The number of carbonyl (C=O) groups is 8. The van der Waals surface area contributed by atoms with Crippen LogP contribution >= 0.6 is 100 Å². The molecule has 0 bridgehead atoms. The number of benzene rings is 6. The van der Waals surface area contributed by atoms with Crippen molar-refractivity contribution in [3.63, 3.8) is 0 Å². The number of carbonyl (C=O) groups excluding carboxylic acids is 8. The number of anilines is 13. The number of para-hydroxylation sites is 1. The number of hydrogen-bond acceptors (Lipinski definition) is 26. The Balaban J connectivity index is 0.000000121. The zero-order valence-corrected chi connectivity index (χ0v) is 71.7. The van der Waals surface area contributed by atoms with E-state index in [9.17, 15) is 42.7 Å². The largest absolute Gasteiger partial charge is 0.462 e. The third-order valence-electron chi connectivity index (χ3n) is 18.9. The summed E-state index contributed by atoms with van der Waals surface area (Å²) in [5.74, 6) is 0.383. The summed E-state index contributed by atoms with van der Waals surface area (Å²) in [6.45, 7) is 13.9. The summed E-state index contributed by atoms with van der Waals surface area (Å²) in [5, 5.41) is 17.1. The van der Waals surface area contributed by atoms with Crippen LogP contribution in [0.4, 0.5) is 98.0 Å². The van der Waals surface area contributed by atoms with Gasteiger partial charge in [-0.25, -0.2) is 97.4 Å². The molecule has 0 radical (unpaired) electrons. The number of amides is 9. The number of aromatic nitrogens is 8. The molecule has 5 N–H and O–H groups in total. The van der Waals surface area contributed by atoms with Gasteiger partial charge in [-0.1, -0.05) is 85.4 Å². The van der Waals surface area contributed by atoms with Crippen LogP contribution < -0.4 is 50.9 Å². The first kappa shape index (κ1) is 82.3. The molecule has 19 rings (SSSR count). The average molecular weight is 1870 g/mol. The average Bonchev–Trinajstić information content (AvgIpc) is 1.63. The summed E-state index contributed by atoms with van der Waals surface area (Å²) in [7, 11) is 0. The van der Waals surface area contributed by atoms with E-state index < -0.39 is 36.0 Å². The maximum Gasteiger partial charge on any atom is 0.350 e. The first-order valence-corrected chi connectivity index (χ1v) is 42.4. The molecular formula is C81H61Br2Cl2FN18O13S4. The Morgan fingerprint density at radius 2 is 0.909 bits per heavy atom. The first-order valence-electron chi connectivity index (χ1n) is 36.8. The van der Waals surface area contributed by atoms with Crippen LogP contribution in [0.5, 0.6) is 11.5 Å². The SMILES string of the molecule is CCOC(=O)c1sc2ncnc3c2c1NC(=O)N3c1cc(Br)ccc1C.CCOC(=O)c1sc2ncnc3c2c1NC(=O)N3c1ccc(C)c(Br)c1.CCOC(=O)c1sc2ncnc3c2c1NC(=O)N3c1ccc(Oc2ccc(F)cc2)cc1.O=C(Nc1ccc(CN2CCOCC2)cc1)c1sc2ncnc3c2c1NC(=O)N3c1c(Cl)cccc1Cl. The van der Waals surface area contributed by atoms with Crippen molar-refractivity contribution in [3.8, 4) is 11.5 Å². The highest BCUT2D eigenvalue weighted by atomic mass is 79.9. The maximum atomic E-state index is 13.3. The van der Waals surface area contributed by atoms with Gasteiger partial charge in [-0.3, -0.25) is 9.69 Å². The Morgan fingerprint density at radius 3 is 1.39 bits per heavy atom. The molecule has 40 heteroatoms. The Labute approximate surface area is 728 Å². The minimum atomic E-state index is -0.526. The second-order valence-electron chi connectivity index (χ2n) is 26.5. The number of nitrogens with one attached hydrogen (secondary N) is 5. The van der Waals surface area contributed by atoms with Crippen LogP contribution in [0.25, 0.3) is 40.9 Å². The third-order valence-corrected chi connectivity index (χ3v) is 25.2. The zero-order chi connectivity index (χ0) is 84.6. The number of rotatable bonds is 16. The van der Waals surface area contributed by atoms with E-state index in [0.29, 0.717) is 152 Å². The molecule has 612 valence electrons. The predicted octanol–water partition coefficient (Wildman–Crippen LogP) is 20.5. The van der Waals surface area contributed by atoms with Crippen LogP contribution in [0.3, 0.4) is 0 Å². The highest BCUT2D eigenvalue weighted by molar-refractivity contribution is 9.10. The fourth-order valence-electron chi connectivity index (χ4n) is 13.4. The van der Waals surface area contributed by atoms with E-state index in [-0.39, 0.29) is 42.5 Å². The van der Waals surface area contributed by atoms with Gasteiger partial charge in [0.25, 0.3) is 5.91 Å². The number of nitrogens with zero attached hydrogens (tertiary/aromatic N) is 13. The van der Waals surface area contributed by atoms with Crippen molar-refractivity contribution in [3.05, 3.63) is 214 Å². The minimum absolute atomic E-state index is 0.220. The predicted molar refractivity (Wildman–Crippen MR) is 470 cm³/mol. The van der Waals surface area contributed by atoms with Gasteiger partial charge in [0.2, 0.25) is 0 Å². The standard InChI is InChI=1S/C25H20Cl2N6O3S.C22H15FN4O4S.2C17H13BrN4O3S/c26-16-2-1-3-17(27)20(16)33-22-18-19(31-25(33)35)21(37-24(18)29-13-28-22)23(34)30-15-6-4-14(5-7-15)12-32-8-10-36-11-9-32;1-2-30-21(28)18-17-16-19(24-11-25-20(16)32-18)27(22(29)26-17)13-5-9-15(10-6-13)31-14-7-3-12(23)4-8-14;1-3-25-16(23)13-12-11-14(19-7-20-15(11)26-13)22(17(24)21-12)9-5-4-8(2)10(18)6-9;1-3-25-16(23)13-12-11-14(19-7-20-15(11)26-13)22(17(24)21-12)10-6-9(18)5-4-8(10)2/h1-7,13H,8-12H2,(H,30,34)(H,31,35);3-11H,2H2,1H3,(H,26,29);2*4-7H,3H2,1-2H3,(H,21,24). The number of thiophene rings is 4. The van der Waals surface area contributed by atoms with Gasteiger partial charge in [0, 0.05) is 34.3 Å². The van der Waals surface area contributed by atoms with Crippen molar-refractivity contribution in [2.24, 2.45) is 0 Å². The summed E-state index contributed by atoms with van der Waals surface area (Å²) < 4.78 is 41.2. The van der Waals surface area contributed by atoms with Gasteiger partial charge in [-0.15, -0.1) is 45.3 Å². The molecular weight excluding hydrogens is 1810 g/mol. The van der Waals surface area contributed by atoms with E-state index in [2.05, 4.69) is 103 Å². The van der Waals surface area contributed by atoms with Crippen LogP contribution in [-0.4, -0.2) is 139 Å². The number of halogens is 5. The number of ether oxygens (including phenoxy) is 5. The van der Waals surface area contributed by atoms with Gasteiger partial charge in [-0.2, -0.15) is 0 Å². The van der Waals surface area contributed by atoms with Gasteiger partial charge in [0.15, 0.2) is 23.3 Å². The molecule has 0 unspecified atom stereocenters. The second kappa shape index (κ2) is 35.1. The van der Waals surface area contributed by atoms with Crippen molar-refractivity contribution in [1.82, 2.24) is 44.8 Å². The van der Waals surface area contributed by atoms with Crippen LogP contribution in [-0.2, 0) is 25.5 Å². The topological polar surface area (TPSA) is 362 Å². The van der Waals surface area contributed by atoms with E-state index in [1.165, 1.54) is 103 Å². The van der Waals surface area contributed by atoms with E-state index >= 15 is 0 Å². The molecule has 13 heterocycles. The van der Waals surface area contributed by atoms with Gasteiger partial charge < -0.3 is 50.3 Å². The molecule has 1 fully saturated rings. The quantitative estimate of drug-likeness (QED) is 0.0443. The van der Waals surface area contributed by atoms with Crippen LogP contribution in [0, 0.1) is 19.7 Å². The van der Waals surface area contributed by atoms with Gasteiger partial charge in [0.1, 0.15) is 81.5 Å². The fourth-order valence-corrected chi connectivity index (χ4v) is 18.6. The van der Waals surface area contributed by atoms with Crippen molar-refractivity contribution < 1.29 is 66.4 Å². The highest BCUT2D eigenvalue weighted by Gasteiger charge is 2.40.